The Bertz CT molecular complexity index is 466. The lowest BCUT2D eigenvalue weighted by Gasteiger charge is -2.29. The van der Waals surface area contributed by atoms with Gasteiger partial charge in [0.05, 0.1) is 19.8 Å². The number of carbonyl (C=O) groups is 1. The minimum atomic E-state index is -0.116. The fourth-order valence-corrected chi connectivity index (χ4v) is 2.51. The first-order valence-corrected chi connectivity index (χ1v) is 7.52. The van der Waals surface area contributed by atoms with E-state index in [0.29, 0.717) is 6.54 Å². The predicted molar refractivity (Wildman–Crippen MR) is 82.2 cm³/mol. The smallest absolute Gasteiger partial charge is 0.315 e. The van der Waals surface area contributed by atoms with Crippen molar-refractivity contribution in [3.63, 3.8) is 0 Å². The summed E-state index contributed by atoms with van der Waals surface area (Å²) in [5.74, 6) is 0. The molecule has 21 heavy (non-hydrogen) atoms. The summed E-state index contributed by atoms with van der Waals surface area (Å²) < 4.78 is 7.40. The molecule has 1 aliphatic heterocycles. The number of rotatable bonds is 5. The molecule has 2 N–H and O–H groups in total. The summed E-state index contributed by atoms with van der Waals surface area (Å²) in [6.45, 7) is 8.93. The first-order chi connectivity index (χ1) is 10.1. The summed E-state index contributed by atoms with van der Waals surface area (Å²) in [6, 6.07) is 4.09. The van der Waals surface area contributed by atoms with Crippen LogP contribution in [0.2, 0.25) is 0 Å². The lowest BCUT2D eigenvalue weighted by Crippen LogP contribution is -2.48. The van der Waals surface area contributed by atoms with Gasteiger partial charge in [-0.3, -0.25) is 4.90 Å². The van der Waals surface area contributed by atoms with Crippen LogP contribution < -0.4 is 10.6 Å². The number of ether oxygens (including phenoxy) is 1. The largest absolute Gasteiger partial charge is 0.379 e. The van der Waals surface area contributed by atoms with Crippen LogP contribution in [-0.2, 0) is 18.3 Å². The molecule has 118 valence electrons. The lowest BCUT2D eigenvalue weighted by molar-refractivity contribution is 0.0349. The minimum absolute atomic E-state index is 0.116. The van der Waals surface area contributed by atoms with Gasteiger partial charge in [-0.05, 0) is 26.0 Å². The number of amides is 2. The standard InChI is InChI=1S/C15H26N4O2/c1-12(11-19-6-8-21-9-7-19)17-15(20)16-10-14-5-4-13(2)18(14)3/h4-5,12H,6-11H2,1-3H3,(H2,16,17,20)/t12-/m1/s1. The van der Waals surface area contributed by atoms with Gasteiger partial charge in [-0.2, -0.15) is 0 Å². The average molecular weight is 294 g/mol. The molecular weight excluding hydrogens is 268 g/mol. The van der Waals surface area contributed by atoms with Crippen LogP contribution in [0, 0.1) is 6.92 Å². The Morgan fingerprint density at radius 3 is 2.71 bits per heavy atom. The molecule has 2 amide bonds. The van der Waals surface area contributed by atoms with E-state index >= 15 is 0 Å². The molecule has 1 atom stereocenters. The fourth-order valence-electron chi connectivity index (χ4n) is 2.51. The lowest BCUT2D eigenvalue weighted by atomic mass is 10.3. The third-order valence-electron chi connectivity index (χ3n) is 3.92. The van der Waals surface area contributed by atoms with Gasteiger partial charge in [-0.25, -0.2) is 4.79 Å². The second-order valence-electron chi connectivity index (χ2n) is 5.67. The van der Waals surface area contributed by atoms with E-state index in [1.807, 2.05) is 27.0 Å². The number of aryl methyl sites for hydroxylation is 1. The molecule has 1 saturated heterocycles. The maximum atomic E-state index is 11.9. The molecule has 1 aromatic heterocycles. The SMILES string of the molecule is Cc1ccc(CNC(=O)N[C@H](C)CN2CCOCC2)n1C. The van der Waals surface area contributed by atoms with Gasteiger partial charge in [0.25, 0.3) is 0 Å². The molecular formula is C15H26N4O2. The van der Waals surface area contributed by atoms with Gasteiger partial charge in [-0.15, -0.1) is 0 Å². The van der Waals surface area contributed by atoms with Crippen molar-refractivity contribution in [3.05, 3.63) is 23.5 Å². The van der Waals surface area contributed by atoms with E-state index in [1.165, 1.54) is 5.69 Å². The van der Waals surface area contributed by atoms with Crippen LogP contribution in [0.25, 0.3) is 0 Å². The van der Waals surface area contributed by atoms with Crippen molar-refractivity contribution in [2.45, 2.75) is 26.4 Å². The topological polar surface area (TPSA) is 58.5 Å². The van der Waals surface area contributed by atoms with Gasteiger partial charge in [0.15, 0.2) is 0 Å². The van der Waals surface area contributed by atoms with Crippen LogP contribution in [0.15, 0.2) is 12.1 Å². The molecule has 0 bridgehead atoms. The Morgan fingerprint density at radius 2 is 2.10 bits per heavy atom. The number of nitrogens with zero attached hydrogens (tertiary/aromatic N) is 2. The zero-order valence-electron chi connectivity index (χ0n) is 13.2. The van der Waals surface area contributed by atoms with Crippen molar-refractivity contribution in [2.75, 3.05) is 32.8 Å². The highest BCUT2D eigenvalue weighted by molar-refractivity contribution is 5.74. The van der Waals surface area contributed by atoms with Crippen molar-refractivity contribution in [1.82, 2.24) is 20.1 Å². The molecule has 2 heterocycles. The summed E-state index contributed by atoms with van der Waals surface area (Å²) >= 11 is 0. The van der Waals surface area contributed by atoms with E-state index in [9.17, 15) is 4.79 Å². The van der Waals surface area contributed by atoms with Gasteiger partial charge in [0.1, 0.15) is 0 Å². The molecule has 0 spiro atoms. The molecule has 0 saturated carbocycles. The Hall–Kier alpha value is -1.53. The maximum Gasteiger partial charge on any atom is 0.315 e. The van der Waals surface area contributed by atoms with Crippen molar-refractivity contribution < 1.29 is 9.53 Å². The van der Waals surface area contributed by atoms with Crippen LogP contribution in [0.5, 0.6) is 0 Å². The minimum Gasteiger partial charge on any atom is -0.379 e. The molecule has 6 heteroatoms. The quantitative estimate of drug-likeness (QED) is 0.846. The highest BCUT2D eigenvalue weighted by Gasteiger charge is 2.15. The van der Waals surface area contributed by atoms with Crippen molar-refractivity contribution >= 4 is 6.03 Å². The first kappa shape index (κ1) is 15.9. The van der Waals surface area contributed by atoms with Crippen LogP contribution in [-0.4, -0.2) is 54.4 Å². The van der Waals surface area contributed by atoms with Crippen LogP contribution in [0.1, 0.15) is 18.3 Å². The molecule has 1 fully saturated rings. The van der Waals surface area contributed by atoms with Gasteiger partial charge < -0.3 is 19.9 Å². The predicted octanol–water partition coefficient (Wildman–Crippen LogP) is 0.853. The number of hydrogen-bond donors (Lipinski definition) is 2. The van der Waals surface area contributed by atoms with Crippen LogP contribution >= 0.6 is 0 Å². The van der Waals surface area contributed by atoms with E-state index in [4.69, 9.17) is 4.74 Å². The molecule has 0 radical (unpaired) electrons. The summed E-state index contributed by atoms with van der Waals surface area (Å²) in [5, 5.41) is 5.89. The van der Waals surface area contributed by atoms with E-state index in [2.05, 4.69) is 26.2 Å². The van der Waals surface area contributed by atoms with E-state index in [-0.39, 0.29) is 12.1 Å². The second kappa shape index (κ2) is 7.47. The van der Waals surface area contributed by atoms with Gasteiger partial charge >= 0.3 is 6.03 Å². The fraction of sp³-hybridized carbons (Fsp3) is 0.667. The highest BCUT2D eigenvalue weighted by atomic mass is 16.5. The monoisotopic (exact) mass is 294 g/mol. The molecule has 0 unspecified atom stereocenters. The molecule has 1 aromatic rings. The van der Waals surface area contributed by atoms with Gasteiger partial charge in [0, 0.05) is 44.1 Å². The first-order valence-electron chi connectivity index (χ1n) is 7.52. The Morgan fingerprint density at radius 1 is 1.38 bits per heavy atom. The molecule has 0 aliphatic carbocycles. The summed E-state index contributed by atoms with van der Waals surface area (Å²) in [6.07, 6.45) is 0. The third-order valence-corrected chi connectivity index (χ3v) is 3.92. The second-order valence-corrected chi connectivity index (χ2v) is 5.67. The molecule has 1 aliphatic rings. The number of morpholine rings is 1. The highest BCUT2D eigenvalue weighted by Crippen LogP contribution is 2.05. The number of carbonyl (C=O) groups excluding carboxylic acids is 1. The van der Waals surface area contributed by atoms with Crippen molar-refractivity contribution in [2.24, 2.45) is 7.05 Å². The van der Waals surface area contributed by atoms with Crippen molar-refractivity contribution in [1.29, 1.82) is 0 Å². The van der Waals surface area contributed by atoms with Crippen molar-refractivity contribution in [3.8, 4) is 0 Å². The maximum absolute atomic E-state index is 11.9. The number of nitrogens with one attached hydrogen (secondary N) is 2. The van der Waals surface area contributed by atoms with E-state index in [1.54, 1.807) is 0 Å². The average Bonchev–Trinajstić information content (AvgIpc) is 2.77. The summed E-state index contributed by atoms with van der Waals surface area (Å²) in [4.78, 5) is 14.2. The number of urea groups is 1. The van der Waals surface area contributed by atoms with Crippen LogP contribution in [0.3, 0.4) is 0 Å². The normalized spacial score (nSPS) is 17.5. The molecule has 0 aromatic carbocycles. The van der Waals surface area contributed by atoms with Gasteiger partial charge in [-0.1, -0.05) is 0 Å². The number of hydrogen-bond acceptors (Lipinski definition) is 3. The van der Waals surface area contributed by atoms with Gasteiger partial charge in [0.2, 0.25) is 0 Å². The zero-order valence-corrected chi connectivity index (χ0v) is 13.2. The Kier molecular flexibility index (Phi) is 5.64. The summed E-state index contributed by atoms with van der Waals surface area (Å²) in [5.41, 5.74) is 2.29. The molecule has 2 rings (SSSR count). The number of aromatic nitrogens is 1. The Labute approximate surface area is 126 Å². The summed E-state index contributed by atoms with van der Waals surface area (Å²) in [7, 11) is 2.01. The zero-order chi connectivity index (χ0) is 15.2. The van der Waals surface area contributed by atoms with E-state index < -0.39 is 0 Å². The van der Waals surface area contributed by atoms with E-state index in [0.717, 1.165) is 38.5 Å². The Balaban J connectivity index is 1.69. The molecule has 6 nitrogen and oxygen atoms in total. The van der Waals surface area contributed by atoms with Crippen LogP contribution in [0.4, 0.5) is 4.79 Å². The third kappa shape index (κ3) is 4.75.